The van der Waals surface area contributed by atoms with Crippen molar-refractivity contribution >= 4 is 17.0 Å². The van der Waals surface area contributed by atoms with Crippen LogP contribution in [0.2, 0.25) is 0 Å². The van der Waals surface area contributed by atoms with Crippen LogP contribution in [-0.2, 0) is 13.0 Å². The number of fused-ring (bicyclic) bond motifs is 1. The Morgan fingerprint density at radius 3 is 3.05 bits per heavy atom. The first-order valence-corrected chi connectivity index (χ1v) is 8.22. The van der Waals surface area contributed by atoms with E-state index in [0.717, 1.165) is 6.54 Å². The van der Waals surface area contributed by atoms with Crippen LogP contribution in [0.25, 0.3) is 0 Å². The van der Waals surface area contributed by atoms with Gasteiger partial charge in [-0.3, -0.25) is 0 Å². The summed E-state index contributed by atoms with van der Waals surface area (Å²) in [5.74, 6) is 0. The Morgan fingerprint density at radius 2 is 2.25 bits per heavy atom. The lowest BCUT2D eigenvalue weighted by Crippen LogP contribution is -2.25. The van der Waals surface area contributed by atoms with E-state index in [0.29, 0.717) is 6.04 Å². The zero-order chi connectivity index (χ0) is 13.9. The molecule has 0 unspecified atom stereocenters. The van der Waals surface area contributed by atoms with Crippen LogP contribution in [0, 0.1) is 0 Å². The van der Waals surface area contributed by atoms with E-state index in [1.807, 2.05) is 11.3 Å². The minimum atomic E-state index is 0.425. The molecule has 0 aliphatic carbocycles. The van der Waals surface area contributed by atoms with Gasteiger partial charge in [0.25, 0.3) is 0 Å². The van der Waals surface area contributed by atoms with Crippen molar-refractivity contribution in [2.45, 2.75) is 32.4 Å². The molecular formula is C17H22N2S. The van der Waals surface area contributed by atoms with Crippen LogP contribution in [0.3, 0.4) is 0 Å². The van der Waals surface area contributed by atoms with Gasteiger partial charge in [-0.2, -0.15) is 0 Å². The molecule has 1 atom stereocenters. The topological polar surface area (TPSA) is 15.3 Å². The molecule has 2 nitrogen and oxygen atoms in total. The standard InChI is InChI=1S/C17H22N2S/c1-13(17-6-4-10-20-17)18-12-14-7-8-16-15(11-14)5-3-9-19(16)2/h4,6-8,10-11,13,18H,3,5,9,12H2,1-2H3/t13-/m0/s1. The molecule has 2 aromatic rings. The maximum absolute atomic E-state index is 3.62. The fourth-order valence-electron chi connectivity index (χ4n) is 2.86. The zero-order valence-electron chi connectivity index (χ0n) is 12.2. The smallest absolute Gasteiger partial charge is 0.0396 e. The molecule has 0 amide bonds. The lowest BCUT2D eigenvalue weighted by molar-refractivity contribution is 0.582. The molecule has 20 heavy (non-hydrogen) atoms. The van der Waals surface area contributed by atoms with E-state index in [1.165, 1.54) is 41.1 Å². The van der Waals surface area contributed by atoms with E-state index in [-0.39, 0.29) is 0 Å². The number of hydrogen-bond acceptors (Lipinski definition) is 3. The van der Waals surface area contributed by atoms with Crippen LogP contribution in [0.1, 0.15) is 35.4 Å². The second kappa shape index (κ2) is 5.98. The number of benzene rings is 1. The maximum atomic E-state index is 3.62. The molecule has 2 heterocycles. The summed E-state index contributed by atoms with van der Waals surface area (Å²) < 4.78 is 0. The molecular weight excluding hydrogens is 264 g/mol. The summed E-state index contributed by atoms with van der Waals surface area (Å²) in [6, 6.07) is 11.7. The second-order valence-electron chi connectivity index (χ2n) is 5.61. The third kappa shape index (κ3) is 2.89. The highest BCUT2D eigenvalue weighted by Gasteiger charge is 2.14. The summed E-state index contributed by atoms with van der Waals surface area (Å²) in [5.41, 5.74) is 4.30. The Morgan fingerprint density at radius 1 is 1.35 bits per heavy atom. The fraction of sp³-hybridized carbons (Fsp3) is 0.412. The van der Waals surface area contributed by atoms with Gasteiger partial charge in [0.15, 0.2) is 0 Å². The number of nitrogens with zero attached hydrogens (tertiary/aromatic N) is 1. The predicted octanol–water partition coefficient (Wildman–Crippen LogP) is 3.98. The van der Waals surface area contributed by atoms with Crippen LogP contribution in [0.15, 0.2) is 35.7 Å². The van der Waals surface area contributed by atoms with Gasteiger partial charge in [-0.05, 0) is 48.4 Å². The first-order valence-electron chi connectivity index (χ1n) is 7.34. The fourth-order valence-corrected chi connectivity index (χ4v) is 3.62. The quantitative estimate of drug-likeness (QED) is 0.914. The Hall–Kier alpha value is -1.32. The molecule has 0 radical (unpaired) electrons. The summed E-state index contributed by atoms with van der Waals surface area (Å²) >= 11 is 1.82. The van der Waals surface area contributed by atoms with Crippen molar-refractivity contribution in [1.29, 1.82) is 0 Å². The molecule has 1 aromatic carbocycles. The van der Waals surface area contributed by atoms with Crippen molar-refractivity contribution in [3.63, 3.8) is 0 Å². The van der Waals surface area contributed by atoms with Crippen molar-refractivity contribution in [3.8, 4) is 0 Å². The molecule has 0 saturated heterocycles. The van der Waals surface area contributed by atoms with Gasteiger partial charge < -0.3 is 10.2 Å². The summed E-state index contributed by atoms with van der Waals surface area (Å²) in [6.07, 6.45) is 2.49. The van der Waals surface area contributed by atoms with Crippen molar-refractivity contribution in [1.82, 2.24) is 5.32 Å². The highest BCUT2D eigenvalue weighted by atomic mass is 32.1. The van der Waals surface area contributed by atoms with Gasteiger partial charge >= 0.3 is 0 Å². The van der Waals surface area contributed by atoms with Crippen LogP contribution in [0.5, 0.6) is 0 Å². The van der Waals surface area contributed by atoms with Crippen molar-refractivity contribution < 1.29 is 0 Å². The molecule has 106 valence electrons. The molecule has 3 heteroatoms. The van der Waals surface area contributed by atoms with Crippen LogP contribution in [0.4, 0.5) is 5.69 Å². The minimum absolute atomic E-state index is 0.425. The molecule has 1 aliphatic heterocycles. The molecule has 1 aliphatic rings. The van der Waals surface area contributed by atoms with E-state index in [2.05, 4.69) is 59.9 Å². The molecule has 0 saturated carbocycles. The van der Waals surface area contributed by atoms with Gasteiger partial charge in [-0.25, -0.2) is 0 Å². The van der Waals surface area contributed by atoms with Crippen molar-refractivity contribution in [3.05, 3.63) is 51.7 Å². The van der Waals surface area contributed by atoms with Crippen LogP contribution < -0.4 is 10.2 Å². The Kier molecular flexibility index (Phi) is 4.08. The molecule has 0 fully saturated rings. The lowest BCUT2D eigenvalue weighted by atomic mass is 9.99. The first kappa shape index (κ1) is 13.7. The molecule has 1 aromatic heterocycles. The monoisotopic (exact) mass is 286 g/mol. The average molecular weight is 286 g/mol. The van der Waals surface area contributed by atoms with Gasteiger partial charge in [0.05, 0.1) is 0 Å². The number of hydrogen-bond donors (Lipinski definition) is 1. The van der Waals surface area contributed by atoms with Crippen molar-refractivity contribution in [2.24, 2.45) is 0 Å². The zero-order valence-corrected chi connectivity index (χ0v) is 13.0. The lowest BCUT2D eigenvalue weighted by Gasteiger charge is -2.28. The number of rotatable bonds is 4. The first-order chi connectivity index (χ1) is 9.74. The molecule has 3 rings (SSSR count). The van der Waals surface area contributed by atoms with Gasteiger partial charge in [0, 0.05) is 36.7 Å². The van der Waals surface area contributed by atoms with Crippen LogP contribution >= 0.6 is 11.3 Å². The maximum Gasteiger partial charge on any atom is 0.0396 e. The molecule has 0 bridgehead atoms. The number of aryl methyl sites for hydroxylation is 1. The number of thiophene rings is 1. The summed E-state index contributed by atoms with van der Waals surface area (Å²) in [6.45, 7) is 4.36. The van der Waals surface area contributed by atoms with Gasteiger partial charge in [0.2, 0.25) is 0 Å². The van der Waals surface area contributed by atoms with Crippen LogP contribution in [-0.4, -0.2) is 13.6 Å². The average Bonchev–Trinajstić information content (AvgIpc) is 2.99. The largest absolute Gasteiger partial charge is 0.374 e. The van der Waals surface area contributed by atoms with E-state index >= 15 is 0 Å². The second-order valence-corrected chi connectivity index (χ2v) is 6.59. The molecule has 1 N–H and O–H groups in total. The van der Waals surface area contributed by atoms with E-state index in [9.17, 15) is 0 Å². The third-order valence-electron chi connectivity index (χ3n) is 4.08. The Labute approximate surface area is 125 Å². The SMILES string of the molecule is C[C@H](NCc1ccc2c(c1)CCCN2C)c1cccs1. The number of nitrogens with one attached hydrogen (secondary N) is 1. The third-order valence-corrected chi connectivity index (χ3v) is 5.13. The summed E-state index contributed by atoms with van der Waals surface area (Å²) in [5, 5.41) is 5.76. The normalized spacial score (nSPS) is 16.0. The Bertz CT molecular complexity index is 562. The van der Waals surface area contributed by atoms with Gasteiger partial charge in [-0.15, -0.1) is 11.3 Å². The van der Waals surface area contributed by atoms with E-state index in [1.54, 1.807) is 0 Å². The summed E-state index contributed by atoms with van der Waals surface area (Å²) in [4.78, 5) is 3.77. The highest BCUT2D eigenvalue weighted by Crippen LogP contribution is 2.27. The molecule has 0 spiro atoms. The summed E-state index contributed by atoms with van der Waals surface area (Å²) in [7, 11) is 2.19. The van der Waals surface area contributed by atoms with Crippen molar-refractivity contribution in [2.75, 3.05) is 18.5 Å². The highest BCUT2D eigenvalue weighted by molar-refractivity contribution is 7.10. The van der Waals surface area contributed by atoms with Gasteiger partial charge in [-0.1, -0.05) is 18.2 Å². The van der Waals surface area contributed by atoms with E-state index in [4.69, 9.17) is 0 Å². The minimum Gasteiger partial charge on any atom is -0.374 e. The predicted molar refractivity (Wildman–Crippen MR) is 87.6 cm³/mol. The van der Waals surface area contributed by atoms with E-state index < -0.39 is 0 Å². The Balaban J connectivity index is 1.66. The number of anilines is 1. The van der Waals surface area contributed by atoms with Gasteiger partial charge in [0.1, 0.15) is 0 Å².